The van der Waals surface area contributed by atoms with E-state index in [0.717, 1.165) is 29.7 Å². The van der Waals surface area contributed by atoms with Crippen molar-refractivity contribution in [3.8, 4) is 0 Å². The summed E-state index contributed by atoms with van der Waals surface area (Å²) in [6.07, 6.45) is 2.25. The van der Waals surface area contributed by atoms with Crippen molar-refractivity contribution in [2.75, 3.05) is 6.61 Å². The molecule has 0 amide bonds. The lowest BCUT2D eigenvalue weighted by molar-refractivity contribution is 0.0384. The summed E-state index contributed by atoms with van der Waals surface area (Å²) >= 11 is 3.44. The first kappa shape index (κ1) is 12.1. The number of aryl methyl sites for hydroxylation is 1. The summed E-state index contributed by atoms with van der Waals surface area (Å²) in [5.74, 6) is 0.165. The number of halogens is 1. The summed E-state index contributed by atoms with van der Waals surface area (Å²) < 4.78 is 8.20. The second-order valence-corrected chi connectivity index (χ2v) is 5.02. The number of aliphatic hydroxyl groups is 1. The SMILES string of the molecule is CCn1ncc(Br)c1C(O)C1CCOC1C. The monoisotopic (exact) mass is 288 g/mol. The van der Waals surface area contributed by atoms with Gasteiger partial charge in [0.2, 0.25) is 0 Å². The molecule has 1 saturated heterocycles. The van der Waals surface area contributed by atoms with E-state index in [9.17, 15) is 5.11 Å². The van der Waals surface area contributed by atoms with Crippen molar-refractivity contribution in [1.29, 1.82) is 0 Å². The van der Waals surface area contributed by atoms with Crippen LogP contribution in [0.3, 0.4) is 0 Å². The maximum absolute atomic E-state index is 10.4. The Morgan fingerprint density at radius 2 is 2.50 bits per heavy atom. The molecule has 1 N–H and O–H groups in total. The third kappa shape index (κ3) is 2.04. The number of aliphatic hydroxyl groups excluding tert-OH is 1. The van der Waals surface area contributed by atoms with Gasteiger partial charge in [0.25, 0.3) is 0 Å². The van der Waals surface area contributed by atoms with Gasteiger partial charge in [0.15, 0.2) is 0 Å². The molecule has 3 atom stereocenters. The van der Waals surface area contributed by atoms with Crippen LogP contribution in [0.25, 0.3) is 0 Å². The van der Waals surface area contributed by atoms with Crippen LogP contribution >= 0.6 is 15.9 Å². The fourth-order valence-corrected chi connectivity index (χ4v) is 2.81. The van der Waals surface area contributed by atoms with Gasteiger partial charge in [-0.2, -0.15) is 5.10 Å². The van der Waals surface area contributed by atoms with Crippen LogP contribution in [0.4, 0.5) is 0 Å². The van der Waals surface area contributed by atoms with Crippen LogP contribution in [0.15, 0.2) is 10.7 Å². The first-order valence-corrected chi connectivity index (χ1v) is 6.45. The number of hydrogen-bond acceptors (Lipinski definition) is 3. The molecular formula is C11H17BrN2O2. The Hall–Kier alpha value is -0.390. The molecule has 0 aromatic carbocycles. The van der Waals surface area contributed by atoms with E-state index in [-0.39, 0.29) is 12.0 Å². The Balaban J connectivity index is 2.25. The molecule has 4 nitrogen and oxygen atoms in total. The van der Waals surface area contributed by atoms with E-state index in [1.165, 1.54) is 0 Å². The standard InChI is InChI=1S/C11H17BrN2O2/c1-3-14-10(9(12)6-13-14)11(15)8-4-5-16-7(8)2/h6-8,11,15H,3-5H2,1-2H3. The number of aromatic nitrogens is 2. The summed E-state index contributed by atoms with van der Waals surface area (Å²) in [7, 11) is 0. The van der Waals surface area contributed by atoms with Gasteiger partial charge < -0.3 is 9.84 Å². The molecule has 1 aromatic heterocycles. The van der Waals surface area contributed by atoms with Crippen molar-refractivity contribution in [2.24, 2.45) is 5.92 Å². The van der Waals surface area contributed by atoms with Crippen LogP contribution in [-0.2, 0) is 11.3 Å². The summed E-state index contributed by atoms with van der Waals surface area (Å²) in [6.45, 7) is 5.53. The highest BCUT2D eigenvalue weighted by molar-refractivity contribution is 9.10. The molecular weight excluding hydrogens is 272 g/mol. The van der Waals surface area contributed by atoms with Gasteiger partial charge in [-0.25, -0.2) is 0 Å². The van der Waals surface area contributed by atoms with E-state index < -0.39 is 6.10 Å². The molecule has 0 spiro atoms. The molecule has 1 fully saturated rings. The predicted molar refractivity (Wildman–Crippen MR) is 64.1 cm³/mol. The molecule has 0 radical (unpaired) electrons. The molecule has 3 unspecified atom stereocenters. The van der Waals surface area contributed by atoms with Crippen molar-refractivity contribution in [3.05, 3.63) is 16.4 Å². The van der Waals surface area contributed by atoms with Gasteiger partial charge in [0.1, 0.15) is 6.10 Å². The molecule has 0 saturated carbocycles. The molecule has 1 aliphatic heterocycles. The maximum Gasteiger partial charge on any atom is 0.102 e. The Morgan fingerprint density at radius 1 is 1.75 bits per heavy atom. The fraction of sp³-hybridized carbons (Fsp3) is 0.727. The zero-order valence-corrected chi connectivity index (χ0v) is 11.1. The molecule has 1 aliphatic rings. The van der Waals surface area contributed by atoms with Gasteiger partial charge in [-0.1, -0.05) is 0 Å². The second-order valence-electron chi connectivity index (χ2n) is 4.17. The number of nitrogens with zero attached hydrogens (tertiary/aromatic N) is 2. The Bertz CT molecular complexity index is 367. The quantitative estimate of drug-likeness (QED) is 0.927. The Kier molecular flexibility index (Phi) is 3.66. The van der Waals surface area contributed by atoms with Crippen LogP contribution in [-0.4, -0.2) is 27.6 Å². The van der Waals surface area contributed by atoms with Crippen LogP contribution in [0.5, 0.6) is 0 Å². The summed E-state index contributed by atoms with van der Waals surface area (Å²) in [5.41, 5.74) is 0.866. The minimum atomic E-state index is -0.505. The van der Waals surface area contributed by atoms with E-state index in [1.807, 2.05) is 18.5 Å². The summed E-state index contributed by atoms with van der Waals surface area (Å²) in [4.78, 5) is 0. The first-order valence-electron chi connectivity index (χ1n) is 5.66. The molecule has 16 heavy (non-hydrogen) atoms. The average Bonchev–Trinajstić information content (AvgIpc) is 2.83. The molecule has 1 aromatic rings. The Labute approximate surface area is 104 Å². The molecule has 0 aliphatic carbocycles. The van der Waals surface area contributed by atoms with Gasteiger partial charge >= 0.3 is 0 Å². The first-order chi connectivity index (χ1) is 7.65. The number of hydrogen-bond donors (Lipinski definition) is 1. The highest BCUT2D eigenvalue weighted by Gasteiger charge is 2.34. The number of rotatable bonds is 3. The largest absolute Gasteiger partial charge is 0.386 e. The van der Waals surface area contributed by atoms with Crippen molar-refractivity contribution in [3.63, 3.8) is 0 Å². The lowest BCUT2D eigenvalue weighted by Gasteiger charge is -2.22. The second kappa shape index (κ2) is 4.85. The smallest absolute Gasteiger partial charge is 0.102 e. The summed E-state index contributed by atoms with van der Waals surface area (Å²) in [6, 6.07) is 0. The van der Waals surface area contributed by atoms with Crippen molar-refractivity contribution in [1.82, 2.24) is 9.78 Å². The van der Waals surface area contributed by atoms with Gasteiger partial charge in [0.05, 0.1) is 22.5 Å². The summed E-state index contributed by atoms with van der Waals surface area (Å²) in [5, 5.41) is 14.6. The topological polar surface area (TPSA) is 47.3 Å². The van der Waals surface area contributed by atoms with E-state index in [1.54, 1.807) is 6.20 Å². The van der Waals surface area contributed by atoms with Crippen molar-refractivity contribution >= 4 is 15.9 Å². The normalized spacial score (nSPS) is 27.2. The predicted octanol–water partition coefficient (Wildman–Crippen LogP) is 2.12. The van der Waals surface area contributed by atoms with Crippen LogP contribution in [0.1, 0.15) is 32.1 Å². The third-order valence-corrected chi connectivity index (χ3v) is 3.86. The molecule has 2 rings (SSSR count). The molecule has 90 valence electrons. The third-order valence-electron chi connectivity index (χ3n) is 3.25. The van der Waals surface area contributed by atoms with E-state index in [4.69, 9.17) is 4.74 Å². The van der Waals surface area contributed by atoms with Crippen molar-refractivity contribution < 1.29 is 9.84 Å². The lowest BCUT2D eigenvalue weighted by atomic mass is 9.93. The zero-order chi connectivity index (χ0) is 11.7. The lowest BCUT2D eigenvalue weighted by Crippen LogP contribution is -2.22. The minimum absolute atomic E-state index is 0.113. The fourth-order valence-electron chi connectivity index (χ4n) is 2.28. The van der Waals surface area contributed by atoms with Crippen LogP contribution in [0, 0.1) is 5.92 Å². The van der Waals surface area contributed by atoms with E-state index >= 15 is 0 Å². The Morgan fingerprint density at radius 3 is 3.06 bits per heavy atom. The van der Waals surface area contributed by atoms with E-state index in [0.29, 0.717) is 0 Å². The van der Waals surface area contributed by atoms with E-state index in [2.05, 4.69) is 21.0 Å². The molecule has 2 heterocycles. The van der Waals surface area contributed by atoms with Gasteiger partial charge in [-0.05, 0) is 36.2 Å². The van der Waals surface area contributed by atoms with Gasteiger partial charge in [-0.15, -0.1) is 0 Å². The highest BCUT2D eigenvalue weighted by Crippen LogP contribution is 2.36. The van der Waals surface area contributed by atoms with Crippen molar-refractivity contribution in [2.45, 2.75) is 39.0 Å². The number of ether oxygens (including phenoxy) is 1. The van der Waals surface area contributed by atoms with Crippen LogP contribution in [0.2, 0.25) is 0 Å². The highest BCUT2D eigenvalue weighted by atomic mass is 79.9. The van der Waals surface area contributed by atoms with Gasteiger partial charge in [0, 0.05) is 19.1 Å². The van der Waals surface area contributed by atoms with Crippen LogP contribution < -0.4 is 0 Å². The van der Waals surface area contributed by atoms with Gasteiger partial charge in [-0.3, -0.25) is 4.68 Å². The zero-order valence-electron chi connectivity index (χ0n) is 9.56. The average molecular weight is 289 g/mol. The molecule has 0 bridgehead atoms. The maximum atomic E-state index is 10.4. The minimum Gasteiger partial charge on any atom is -0.386 e. The molecule has 5 heteroatoms.